The molecule has 2 aliphatic carbocycles. The van der Waals surface area contributed by atoms with Crippen molar-refractivity contribution in [3.05, 3.63) is 0 Å². The van der Waals surface area contributed by atoms with Gasteiger partial charge in [0.25, 0.3) is 0 Å². The molecule has 2 saturated carbocycles. The summed E-state index contributed by atoms with van der Waals surface area (Å²) in [6.45, 7) is 17.7. The summed E-state index contributed by atoms with van der Waals surface area (Å²) in [7, 11) is 0. The van der Waals surface area contributed by atoms with E-state index in [1.54, 1.807) is 0 Å². The van der Waals surface area contributed by atoms with Gasteiger partial charge in [0.05, 0.1) is 37.1 Å². The van der Waals surface area contributed by atoms with Crippen LogP contribution in [0.3, 0.4) is 0 Å². The highest BCUT2D eigenvalue weighted by molar-refractivity contribution is 5.18. The second-order valence-electron chi connectivity index (χ2n) is 12.7. The van der Waals surface area contributed by atoms with E-state index in [0.29, 0.717) is 25.0 Å². The molecule has 31 heavy (non-hydrogen) atoms. The van der Waals surface area contributed by atoms with E-state index < -0.39 is 11.6 Å². The highest BCUT2D eigenvalue weighted by Gasteiger charge is 2.70. The fourth-order valence-corrected chi connectivity index (χ4v) is 8.18. The van der Waals surface area contributed by atoms with Gasteiger partial charge in [-0.05, 0) is 78.1 Å². The third kappa shape index (κ3) is 3.28. The summed E-state index contributed by atoms with van der Waals surface area (Å²) in [5.41, 5.74) is -0.156. The van der Waals surface area contributed by atoms with Gasteiger partial charge in [0, 0.05) is 17.3 Å². The molecule has 178 valence electrons. The first-order valence-corrected chi connectivity index (χ1v) is 12.7. The molecule has 3 aliphatic heterocycles. The molecule has 0 unspecified atom stereocenters. The topological polar surface area (TPSA) is 46.2 Å². The lowest BCUT2D eigenvalue weighted by atomic mass is 9.43. The van der Waals surface area contributed by atoms with Crippen LogP contribution in [-0.2, 0) is 23.7 Å². The predicted molar refractivity (Wildman–Crippen MR) is 119 cm³/mol. The first-order chi connectivity index (χ1) is 14.4. The summed E-state index contributed by atoms with van der Waals surface area (Å²) in [4.78, 5) is 0. The van der Waals surface area contributed by atoms with Crippen molar-refractivity contribution in [3.63, 3.8) is 0 Å². The second kappa shape index (κ2) is 6.91. The molecule has 0 aromatic carbocycles. The Labute approximate surface area is 188 Å². The highest BCUT2D eigenvalue weighted by atomic mass is 16.7. The van der Waals surface area contributed by atoms with E-state index in [-0.39, 0.29) is 28.1 Å². The van der Waals surface area contributed by atoms with E-state index in [4.69, 9.17) is 23.7 Å². The zero-order valence-corrected chi connectivity index (χ0v) is 20.8. The highest BCUT2D eigenvalue weighted by Crippen LogP contribution is 2.69. The molecule has 0 bridgehead atoms. The Morgan fingerprint density at radius 3 is 2.23 bits per heavy atom. The minimum Gasteiger partial charge on any atom is -0.365 e. The summed E-state index contributed by atoms with van der Waals surface area (Å²) in [5.74, 6) is 0.0890. The maximum absolute atomic E-state index is 7.36. The minimum absolute atomic E-state index is 0.0415. The zero-order chi connectivity index (χ0) is 22.3. The van der Waals surface area contributed by atoms with Crippen LogP contribution in [0.5, 0.6) is 0 Å². The maximum atomic E-state index is 7.36. The molecule has 3 heterocycles. The third-order valence-corrected chi connectivity index (χ3v) is 10.1. The van der Waals surface area contributed by atoms with Crippen LogP contribution in [0.4, 0.5) is 0 Å². The molecule has 0 amide bonds. The van der Waals surface area contributed by atoms with Gasteiger partial charge in [0.2, 0.25) is 0 Å². The van der Waals surface area contributed by atoms with Crippen molar-refractivity contribution in [2.24, 2.45) is 22.7 Å². The maximum Gasteiger partial charge on any atom is 0.163 e. The Hall–Kier alpha value is -0.200. The van der Waals surface area contributed by atoms with Crippen molar-refractivity contribution >= 4 is 0 Å². The summed E-state index contributed by atoms with van der Waals surface area (Å²) >= 11 is 0. The van der Waals surface area contributed by atoms with E-state index in [1.165, 1.54) is 12.8 Å². The van der Waals surface area contributed by atoms with Gasteiger partial charge in [-0.2, -0.15) is 0 Å². The van der Waals surface area contributed by atoms with E-state index in [1.807, 2.05) is 13.8 Å². The van der Waals surface area contributed by atoms with Crippen LogP contribution in [0.15, 0.2) is 0 Å². The van der Waals surface area contributed by atoms with Crippen LogP contribution >= 0.6 is 0 Å². The molecular weight excluding hydrogens is 392 g/mol. The number of hydrogen-bond donors (Lipinski definition) is 0. The lowest BCUT2D eigenvalue weighted by molar-refractivity contribution is -0.359. The number of rotatable bonds is 0. The lowest BCUT2D eigenvalue weighted by Gasteiger charge is -2.67. The molecule has 0 aromatic rings. The SMILES string of the molecule is C[C@H]1CC[C@H]2[C@]3(C)COC(C)(C)O[C@H]3CC[C@]2(C)[C@]12CC[C@@]1(CCOC(C)(C)OC1)O2. The van der Waals surface area contributed by atoms with Crippen LogP contribution in [0.1, 0.15) is 93.4 Å². The van der Waals surface area contributed by atoms with Crippen LogP contribution in [0.2, 0.25) is 0 Å². The Bertz CT molecular complexity index is 721. The molecule has 5 rings (SSSR count). The molecule has 5 aliphatic rings. The number of ether oxygens (including phenoxy) is 5. The second-order valence-corrected chi connectivity index (χ2v) is 12.7. The standard InChI is InChI=1S/C26H44O5/c1-18-8-9-19-23(6)16-28-22(4,5)30-20(23)10-11-24(19,7)26(18)13-12-25(31-26)14-15-27-21(2,3)29-17-25/h18-20H,8-17H2,1-7H3/t18-,19-,20-,23-,24-,25-,26-/m0/s1. The summed E-state index contributed by atoms with van der Waals surface area (Å²) < 4.78 is 32.3. The quantitative estimate of drug-likeness (QED) is 0.505. The number of fused-ring (bicyclic) bond motifs is 4. The van der Waals surface area contributed by atoms with Crippen LogP contribution in [0, 0.1) is 22.7 Å². The van der Waals surface area contributed by atoms with E-state index >= 15 is 0 Å². The van der Waals surface area contributed by atoms with Gasteiger partial charge in [-0.25, -0.2) is 0 Å². The van der Waals surface area contributed by atoms with E-state index in [9.17, 15) is 0 Å². The van der Waals surface area contributed by atoms with Gasteiger partial charge in [-0.1, -0.05) is 20.8 Å². The smallest absolute Gasteiger partial charge is 0.163 e. The summed E-state index contributed by atoms with van der Waals surface area (Å²) in [5, 5.41) is 0. The molecule has 5 nitrogen and oxygen atoms in total. The van der Waals surface area contributed by atoms with Crippen molar-refractivity contribution in [1.29, 1.82) is 0 Å². The molecule has 5 heteroatoms. The first kappa shape index (κ1) is 22.6. The van der Waals surface area contributed by atoms with Crippen LogP contribution < -0.4 is 0 Å². The van der Waals surface area contributed by atoms with E-state index in [0.717, 1.165) is 38.7 Å². The fourth-order valence-electron chi connectivity index (χ4n) is 8.18. The summed E-state index contributed by atoms with van der Waals surface area (Å²) in [6.07, 6.45) is 8.09. The Balaban J connectivity index is 1.47. The van der Waals surface area contributed by atoms with E-state index in [2.05, 4.69) is 34.6 Å². The molecule has 5 fully saturated rings. The van der Waals surface area contributed by atoms with Gasteiger partial charge in [-0.3, -0.25) is 0 Å². The van der Waals surface area contributed by atoms with Crippen molar-refractivity contribution in [1.82, 2.24) is 0 Å². The average Bonchev–Trinajstić information content (AvgIpc) is 3.00. The Kier molecular flexibility index (Phi) is 5.04. The Morgan fingerprint density at radius 2 is 1.45 bits per heavy atom. The van der Waals surface area contributed by atoms with Gasteiger partial charge < -0.3 is 23.7 Å². The largest absolute Gasteiger partial charge is 0.365 e. The van der Waals surface area contributed by atoms with Gasteiger partial charge in [0.1, 0.15) is 0 Å². The molecular formula is C26H44O5. The van der Waals surface area contributed by atoms with Crippen molar-refractivity contribution in [2.75, 3.05) is 19.8 Å². The van der Waals surface area contributed by atoms with Gasteiger partial charge >= 0.3 is 0 Å². The van der Waals surface area contributed by atoms with Crippen molar-refractivity contribution in [3.8, 4) is 0 Å². The molecule has 0 radical (unpaired) electrons. The molecule has 0 aromatic heterocycles. The first-order valence-electron chi connectivity index (χ1n) is 12.7. The number of hydrogen-bond acceptors (Lipinski definition) is 5. The minimum atomic E-state index is -0.525. The van der Waals surface area contributed by atoms with Gasteiger partial charge in [-0.15, -0.1) is 0 Å². The van der Waals surface area contributed by atoms with Crippen LogP contribution in [-0.4, -0.2) is 48.7 Å². The third-order valence-electron chi connectivity index (χ3n) is 10.1. The van der Waals surface area contributed by atoms with Crippen molar-refractivity contribution in [2.45, 2.75) is 122 Å². The van der Waals surface area contributed by atoms with Crippen molar-refractivity contribution < 1.29 is 23.7 Å². The molecule has 7 atom stereocenters. The predicted octanol–water partition coefficient (Wildman–Crippen LogP) is 5.45. The van der Waals surface area contributed by atoms with Crippen LogP contribution in [0.25, 0.3) is 0 Å². The zero-order valence-electron chi connectivity index (χ0n) is 20.8. The van der Waals surface area contributed by atoms with Gasteiger partial charge in [0.15, 0.2) is 11.6 Å². The monoisotopic (exact) mass is 436 g/mol. The Morgan fingerprint density at radius 1 is 0.710 bits per heavy atom. The fraction of sp³-hybridized carbons (Fsp3) is 1.00. The summed E-state index contributed by atoms with van der Waals surface area (Å²) in [6, 6.07) is 0. The normalized spacial score (nSPS) is 53.7. The molecule has 3 saturated heterocycles. The average molecular weight is 437 g/mol. The lowest BCUT2D eigenvalue weighted by Crippen LogP contribution is -2.69. The molecule has 0 N–H and O–H groups in total. The molecule has 2 spiro atoms.